The van der Waals surface area contributed by atoms with E-state index in [4.69, 9.17) is 0 Å². The Morgan fingerprint density at radius 2 is 2.11 bits per heavy atom. The summed E-state index contributed by atoms with van der Waals surface area (Å²) in [5, 5.41) is 0. The van der Waals surface area contributed by atoms with Gasteiger partial charge in [-0.1, -0.05) is 0 Å². The minimum absolute atomic E-state index is 0.212. The van der Waals surface area contributed by atoms with E-state index in [9.17, 15) is 0 Å². The largest absolute Gasteiger partial charge is 0.257 e. The van der Waals surface area contributed by atoms with E-state index in [1.54, 1.807) is 0 Å². The quantitative estimate of drug-likeness (QED) is 0.538. The average molecular weight is 125 g/mol. The Kier molecular flexibility index (Phi) is 1.31. The summed E-state index contributed by atoms with van der Waals surface area (Å²) in [6.45, 7) is 6.49. The van der Waals surface area contributed by atoms with Crippen LogP contribution in [0.15, 0.2) is 12.4 Å². The Bertz CT molecular complexity index is 169. The molecule has 2 N–H and O–H groups in total. The lowest BCUT2D eigenvalue weighted by Crippen LogP contribution is -2.21. The predicted molar refractivity (Wildman–Crippen MR) is 36.0 cm³/mol. The first-order valence-corrected chi connectivity index (χ1v) is 3.16. The number of H-pyrrole nitrogens is 2. The van der Waals surface area contributed by atoms with Crippen LogP contribution >= 0.6 is 0 Å². The molecule has 0 bridgehead atoms. The zero-order valence-electron chi connectivity index (χ0n) is 6.15. The van der Waals surface area contributed by atoms with Crippen LogP contribution in [0.4, 0.5) is 0 Å². The number of imidazole rings is 1. The van der Waals surface area contributed by atoms with E-state index in [1.165, 1.54) is 5.82 Å². The van der Waals surface area contributed by atoms with Crippen molar-refractivity contribution in [3.63, 3.8) is 0 Å². The van der Waals surface area contributed by atoms with Crippen LogP contribution < -0.4 is 4.98 Å². The van der Waals surface area contributed by atoms with Gasteiger partial charge in [0.05, 0.1) is 5.41 Å². The normalized spacial score (nSPS) is 11.9. The van der Waals surface area contributed by atoms with Gasteiger partial charge in [0, 0.05) is 0 Å². The monoisotopic (exact) mass is 125 g/mol. The van der Waals surface area contributed by atoms with Crippen LogP contribution in [0.3, 0.4) is 0 Å². The maximum absolute atomic E-state index is 3.12. The van der Waals surface area contributed by atoms with E-state index in [0.717, 1.165) is 0 Å². The first-order chi connectivity index (χ1) is 4.11. The standard InChI is InChI=1S/C7H12N2/c1-7(2,3)6-8-4-5-9-6/h4-5H,1-3H3,(H,8,9)/p+1. The summed E-state index contributed by atoms with van der Waals surface area (Å²) in [5.74, 6) is 1.17. The molecule has 2 nitrogen and oxygen atoms in total. The first kappa shape index (κ1) is 6.33. The van der Waals surface area contributed by atoms with E-state index < -0.39 is 0 Å². The maximum atomic E-state index is 3.12. The molecule has 0 aliphatic rings. The molecule has 0 saturated heterocycles. The van der Waals surface area contributed by atoms with Gasteiger partial charge >= 0.3 is 0 Å². The molecule has 0 spiro atoms. The molecule has 1 aromatic rings. The van der Waals surface area contributed by atoms with Gasteiger partial charge in [-0.3, -0.25) is 0 Å². The fourth-order valence-corrected chi connectivity index (χ4v) is 0.725. The lowest BCUT2D eigenvalue weighted by molar-refractivity contribution is -0.394. The van der Waals surface area contributed by atoms with E-state index >= 15 is 0 Å². The zero-order valence-corrected chi connectivity index (χ0v) is 6.15. The Balaban J connectivity index is 2.90. The van der Waals surface area contributed by atoms with Gasteiger partial charge < -0.3 is 0 Å². The lowest BCUT2D eigenvalue weighted by atomic mass is 9.96. The van der Waals surface area contributed by atoms with Crippen molar-refractivity contribution < 1.29 is 4.98 Å². The highest BCUT2D eigenvalue weighted by atomic mass is 14.9. The van der Waals surface area contributed by atoms with E-state index in [2.05, 4.69) is 30.7 Å². The van der Waals surface area contributed by atoms with Crippen molar-refractivity contribution in [1.29, 1.82) is 0 Å². The van der Waals surface area contributed by atoms with Crippen LogP contribution in [0, 0.1) is 0 Å². The number of aromatic nitrogens is 2. The molecule has 0 radical (unpaired) electrons. The van der Waals surface area contributed by atoms with Gasteiger partial charge in [0.15, 0.2) is 0 Å². The molecule has 1 aromatic heterocycles. The highest BCUT2D eigenvalue weighted by molar-refractivity contribution is 4.93. The Labute approximate surface area is 55.3 Å². The topological polar surface area (TPSA) is 29.9 Å². The van der Waals surface area contributed by atoms with E-state index in [1.807, 2.05) is 12.4 Å². The third kappa shape index (κ3) is 1.31. The number of hydrogen-bond acceptors (Lipinski definition) is 0. The molecule has 0 aromatic carbocycles. The first-order valence-electron chi connectivity index (χ1n) is 3.16. The zero-order chi connectivity index (χ0) is 6.91. The van der Waals surface area contributed by atoms with Gasteiger partial charge in [-0.15, -0.1) is 0 Å². The van der Waals surface area contributed by atoms with Crippen molar-refractivity contribution in [1.82, 2.24) is 4.98 Å². The van der Waals surface area contributed by atoms with Crippen LogP contribution in [-0.2, 0) is 5.41 Å². The summed E-state index contributed by atoms with van der Waals surface area (Å²) in [6, 6.07) is 0. The molecule has 0 amide bonds. The van der Waals surface area contributed by atoms with E-state index in [0.29, 0.717) is 0 Å². The second kappa shape index (κ2) is 1.87. The van der Waals surface area contributed by atoms with Crippen molar-refractivity contribution in [2.24, 2.45) is 0 Å². The summed E-state index contributed by atoms with van der Waals surface area (Å²) in [6.07, 6.45) is 3.81. The number of aromatic amines is 2. The third-order valence-electron chi connectivity index (χ3n) is 1.29. The fraction of sp³-hybridized carbons (Fsp3) is 0.571. The van der Waals surface area contributed by atoms with Crippen LogP contribution in [0.1, 0.15) is 26.6 Å². The molecule has 0 unspecified atom stereocenters. The highest BCUT2D eigenvalue weighted by Crippen LogP contribution is 2.13. The minimum atomic E-state index is 0.212. The Hall–Kier alpha value is -0.790. The summed E-state index contributed by atoms with van der Waals surface area (Å²) in [7, 11) is 0. The van der Waals surface area contributed by atoms with Gasteiger partial charge in [0.2, 0.25) is 0 Å². The number of nitrogens with one attached hydrogen (secondary N) is 2. The molecular weight excluding hydrogens is 112 g/mol. The Morgan fingerprint density at radius 3 is 2.33 bits per heavy atom. The van der Waals surface area contributed by atoms with E-state index in [-0.39, 0.29) is 5.41 Å². The third-order valence-corrected chi connectivity index (χ3v) is 1.29. The summed E-state index contributed by atoms with van der Waals surface area (Å²) in [4.78, 5) is 6.24. The SMILES string of the molecule is CC(C)(C)c1[nH]cc[nH+]1. The molecule has 0 fully saturated rings. The second-order valence-electron chi connectivity index (χ2n) is 3.25. The van der Waals surface area contributed by atoms with Crippen LogP contribution in [0.25, 0.3) is 0 Å². The Morgan fingerprint density at radius 1 is 1.44 bits per heavy atom. The minimum Gasteiger partial charge on any atom is -0.247 e. The van der Waals surface area contributed by atoms with Gasteiger partial charge in [0.1, 0.15) is 12.4 Å². The summed E-state index contributed by atoms with van der Waals surface area (Å²) in [5.41, 5.74) is 0.212. The summed E-state index contributed by atoms with van der Waals surface area (Å²) >= 11 is 0. The van der Waals surface area contributed by atoms with Gasteiger partial charge in [-0.25, -0.2) is 9.97 Å². The van der Waals surface area contributed by atoms with Crippen molar-refractivity contribution in [2.45, 2.75) is 26.2 Å². The molecular formula is C7H13N2+. The molecule has 0 atom stereocenters. The lowest BCUT2D eigenvalue weighted by Gasteiger charge is -2.08. The van der Waals surface area contributed by atoms with Crippen molar-refractivity contribution in [2.75, 3.05) is 0 Å². The molecule has 0 aliphatic carbocycles. The highest BCUT2D eigenvalue weighted by Gasteiger charge is 2.20. The molecule has 1 heterocycles. The molecule has 9 heavy (non-hydrogen) atoms. The smallest absolute Gasteiger partial charge is 0.247 e. The van der Waals surface area contributed by atoms with Crippen molar-refractivity contribution >= 4 is 0 Å². The fourth-order valence-electron chi connectivity index (χ4n) is 0.725. The maximum Gasteiger partial charge on any atom is 0.257 e. The molecule has 2 heteroatoms. The molecule has 0 saturated carbocycles. The van der Waals surface area contributed by atoms with Crippen LogP contribution in [-0.4, -0.2) is 4.98 Å². The predicted octanol–water partition coefficient (Wildman–Crippen LogP) is 1.13. The van der Waals surface area contributed by atoms with Crippen LogP contribution in [0.5, 0.6) is 0 Å². The average Bonchev–Trinajstić information content (AvgIpc) is 2.08. The van der Waals surface area contributed by atoms with Gasteiger partial charge in [0.25, 0.3) is 5.82 Å². The van der Waals surface area contributed by atoms with Gasteiger partial charge in [-0.05, 0) is 20.8 Å². The molecule has 0 aliphatic heterocycles. The number of hydrogen-bond donors (Lipinski definition) is 1. The molecule has 1 rings (SSSR count). The van der Waals surface area contributed by atoms with Crippen molar-refractivity contribution in [3.8, 4) is 0 Å². The van der Waals surface area contributed by atoms with Gasteiger partial charge in [-0.2, -0.15) is 0 Å². The van der Waals surface area contributed by atoms with Crippen molar-refractivity contribution in [3.05, 3.63) is 18.2 Å². The summed E-state index contributed by atoms with van der Waals surface area (Å²) < 4.78 is 0. The van der Waals surface area contributed by atoms with Crippen LogP contribution in [0.2, 0.25) is 0 Å². The number of rotatable bonds is 0. The molecule has 50 valence electrons. The second-order valence-corrected chi connectivity index (χ2v) is 3.25.